The van der Waals surface area contributed by atoms with Crippen LogP contribution in [0.1, 0.15) is 26.7 Å². The van der Waals surface area contributed by atoms with Crippen molar-refractivity contribution in [2.45, 2.75) is 44.9 Å². The molecule has 2 aliphatic rings. The second kappa shape index (κ2) is 9.33. The van der Waals surface area contributed by atoms with E-state index in [1.807, 2.05) is 18.6 Å². The van der Waals surface area contributed by atoms with Crippen LogP contribution in [0.3, 0.4) is 0 Å². The molecule has 2 aliphatic heterocycles. The van der Waals surface area contributed by atoms with Crippen LogP contribution in [-0.2, 0) is 4.74 Å². The molecule has 0 aliphatic carbocycles. The summed E-state index contributed by atoms with van der Waals surface area (Å²) in [6, 6.07) is 11.5. The molecule has 188 valence electrons. The first kappa shape index (κ1) is 23.2. The fourth-order valence-corrected chi connectivity index (χ4v) is 5.74. The molecule has 5 heterocycles. The third kappa shape index (κ3) is 4.29. The number of morpholine rings is 1. The van der Waals surface area contributed by atoms with E-state index in [4.69, 9.17) is 19.7 Å². The maximum absolute atomic E-state index is 5.96. The quantitative estimate of drug-likeness (QED) is 0.431. The molecule has 4 aromatic rings. The summed E-state index contributed by atoms with van der Waals surface area (Å²) >= 11 is 0. The average Bonchev–Trinajstić information content (AvgIpc) is 3.33. The molecule has 2 fully saturated rings. The van der Waals surface area contributed by atoms with E-state index in [0.29, 0.717) is 6.04 Å². The minimum Gasteiger partial charge on any atom is -0.372 e. The lowest BCUT2D eigenvalue weighted by Gasteiger charge is -2.35. The summed E-state index contributed by atoms with van der Waals surface area (Å²) in [5.41, 5.74) is 5.24. The fourth-order valence-electron chi connectivity index (χ4n) is 5.74. The van der Waals surface area contributed by atoms with Crippen LogP contribution in [0.15, 0.2) is 48.9 Å². The molecule has 0 amide bonds. The zero-order chi connectivity index (χ0) is 24.8. The first-order chi connectivity index (χ1) is 17.5. The minimum atomic E-state index is 0.169. The van der Waals surface area contributed by atoms with Crippen molar-refractivity contribution < 1.29 is 4.74 Å². The van der Waals surface area contributed by atoms with Crippen molar-refractivity contribution in [1.82, 2.24) is 24.3 Å². The third-order valence-corrected chi connectivity index (χ3v) is 7.63. The molecule has 3 aromatic heterocycles. The van der Waals surface area contributed by atoms with Crippen LogP contribution in [0.2, 0.25) is 0 Å². The third-order valence-electron chi connectivity index (χ3n) is 7.63. The minimum absolute atomic E-state index is 0.169. The van der Waals surface area contributed by atoms with Gasteiger partial charge in [0.1, 0.15) is 5.82 Å². The Kier molecular flexibility index (Phi) is 6.01. The van der Waals surface area contributed by atoms with Gasteiger partial charge in [-0.25, -0.2) is 9.97 Å². The Morgan fingerprint density at radius 2 is 1.56 bits per heavy atom. The number of pyridine rings is 1. The molecule has 8 heteroatoms. The van der Waals surface area contributed by atoms with Gasteiger partial charge in [-0.3, -0.25) is 9.38 Å². The van der Waals surface area contributed by atoms with Crippen LogP contribution < -0.4 is 9.80 Å². The largest absolute Gasteiger partial charge is 0.372 e. The number of hydrogen-bond acceptors (Lipinski definition) is 7. The zero-order valence-electron chi connectivity index (χ0n) is 21.6. The van der Waals surface area contributed by atoms with Crippen LogP contribution in [0.5, 0.6) is 0 Å². The Balaban J connectivity index is 1.31. The highest BCUT2D eigenvalue weighted by atomic mass is 16.5. The molecule has 2 saturated heterocycles. The summed E-state index contributed by atoms with van der Waals surface area (Å²) in [6.45, 7) is 8.00. The Morgan fingerprint density at radius 3 is 2.25 bits per heavy atom. The number of ether oxygens (including phenoxy) is 1. The molecule has 0 spiro atoms. The first-order valence-corrected chi connectivity index (χ1v) is 13.0. The van der Waals surface area contributed by atoms with Gasteiger partial charge in [0, 0.05) is 44.0 Å². The van der Waals surface area contributed by atoms with Crippen LogP contribution in [-0.4, -0.2) is 82.8 Å². The second-order valence-electron chi connectivity index (χ2n) is 10.5. The number of nitrogens with zero attached hydrogens (tertiary/aromatic N) is 7. The van der Waals surface area contributed by atoms with Crippen LogP contribution in [0.25, 0.3) is 27.7 Å². The zero-order valence-corrected chi connectivity index (χ0v) is 21.6. The molecule has 0 bridgehead atoms. The lowest BCUT2D eigenvalue weighted by Crippen LogP contribution is -2.46. The molecule has 0 radical (unpaired) electrons. The smallest absolute Gasteiger partial charge is 0.210 e. The summed E-state index contributed by atoms with van der Waals surface area (Å²) in [4.78, 5) is 21.4. The topological polar surface area (TPSA) is 62.0 Å². The van der Waals surface area contributed by atoms with E-state index in [0.717, 1.165) is 65.6 Å². The molecule has 2 atom stereocenters. The molecule has 6 rings (SSSR count). The predicted molar refractivity (Wildman–Crippen MR) is 145 cm³/mol. The maximum atomic E-state index is 5.96. The standard InChI is InChI=1S/C28H35N7O/c1-19-17-34(18-20(2)36-19)28-31-16-24-15-29-25-7-5-21(13-26(25)35(24)28)22-6-8-27(30-14-22)33-11-9-23(10-12-33)32(3)4/h5-8,13-16,19-20,23H,9-12,17-18H2,1-4H3/t19-,20+. The normalized spacial score (nSPS) is 21.7. The van der Waals surface area contributed by atoms with Crippen LogP contribution in [0, 0.1) is 0 Å². The lowest BCUT2D eigenvalue weighted by molar-refractivity contribution is -0.00572. The number of fused-ring (bicyclic) bond motifs is 3. The Labute approximate surface area is 212 Å². The fraction of sp³-hybridized carbons (Fsp3) is 0.464. The summed E-state index contributed by atoms with van der Waals surface area (Å²) < 4.78 is 8.19. The first-order valence-electron chi connectivity index (χ1n) is 13.0. The van der Waals surface area contributed by atoms with Gasteiger partial charge in [0.25, 0.3) is 0 Å². The van der Waals surface area contributed by atoms with Gasteiger partial charge < -0.3 is 19.4 Å². The van der Waals surface area contributed by atoms with Crippen LogP contribution >= 0.6 is 0 Å². The summed E-state index contributed by atoms with van der Waals surface area (Å²) in [5.74, 6) is 2.01. The Morgan fingerprint density at radius 1 is 0.833 bits per heavy atom. The molecule has 0 unspecified atom stereocenters. The van der Waals surface area contributed by atoms with Crippen molar-refractivity contribution in [2.24, 2.45) is 0 Å². The molecule has 36 heavy (non-hydrogen) atoms. The number of rotatable bonds is 4. The number of piperidine rings is 1. The molecule has 0 N–H and O–H groups in total. The van der Waals surface area contributed by atoms with Gasteiger partial charge in [0.05, 0.1) is 41.2 Å². The van der Waals surface area contributed by atoms with Gasteiger partial charge in [0.2, 0.25) is 5.95 Å². The van der Waals surface area contributed by atoms with Gasteiger partial charge in [-0.1, -0.05) is 6.07 Å². The van der Waals surface area contributed by atoms with Crippen molar-refractivity contribution in [3.05, 3.63) is 48.9 Å². The predicted octanol–water partition coefficient (Wildman–Crippen LogP) is 4.09. The van der Waals surface area contributed by atoms with E-state index >= 15 is 0 Å². The SMILES string of the molecule is C[C@@H]1CN(c2ncc3cnc4ccc(-c5ccc(N6CCC(N(C)C)CC6)nc5)cc4n23)C[C@H](C)O1. The Hall–Kier alpha value is -3.23. The van der Waals surface area contributed by atoms with E-state index in [1.165, 1.54) is 12.8 Å². The number of imidazole rings is 1. The lowest BCUT2D eigenvalue weighted by atomic mass is 10.0. The summed E-state index contributed by atoms with van der Waals surface area (Å²) in [6.07, 6.45) is 8.51. The van der Waals surface area contributed by atoms with Gasteiger partial charge in [-0.05, 0) is 70.6 Å². The summed E-state index contributed by atoms with van der Waals surface area (Å²) in [7, 11) is 4.35. The van der Waals surface area contributed by atoms with Crippen LogP contribution in [0.4, 0.5) is 11.8 Å². The number of benzene rings is 1. The number of aromatic nitrogens is 4. The van der Waals surface area contributed by atoms with E-state index in [1.54, 1.807) is 0 Å². The highest BCUT2D eigenvalue weighted by Gasteiger charge is 2.26. The van der Waals surface area contributed by atoms with Crippen molar-refractivity contribution in [2.75, 3.05) is 50.1 Å². The number of hydrogen-bond donors (Lipinski definition) is 0. The molecule has 8 nitrogen and oxygen atoms in total. The second-order valence-corrected chi connectivity index (χ2v) is 10.5. The van der Waals surface area contributed by atoms with E-state index < -0.39 is 0 Å². The van der Waals surface area contributed by atoms with Gasteiger partial charge in [-0.15, -0.1) is 0 Å². The van der Waals surface area contributed by atoms with Crippen molar-refractivity contribution in [3.8, 4) is 11.1 Å². The van der Waals surface area contributed by atoms with Gasteiger partial charge in [-0.2, -0.15) is 0 Å². The monoisotopic (exact) mass is 485 g/mol. The maximum Gasteiger partial charge on any atom is 0.210 e. The van der Waals surface area contributed by atoms with E-state index in [9.17, 15) is 0 Å². The molecule has 1 aromatic carbocycles. The van der Waals surface area contributed by atoms with Gasteiger partial charge in [0.15, 0.2) is 0 Å². The van der Waals surface area contributed by atoms with E-state index in [-0.39, 0.29) is 12.2 Å². The van der Waals surface area contributed by atoms with E-state index in [2.05, 4.69) is 77.4 Å². The summed E-state index contributed by atoms with van der Waals surface area (Å²) in [5, 5.41) is 0. The molecular formula is C28H35N7O. The molecular weight excluding hydrogens is 450 g/mol. The Bertz CT molecular complexity index is 1350. The average molecular weight is 486 g/mol. The van der Waals surface area contributed by atoms with Crippen molar-refractivity contribution in [3.63, 3.8) is 0 Å². The van der Waals surface area contributed by atoms with Crippen molar-refractivity contribution in [1.29, 1.82) is 0 Å². The highest BCUT2D eigenvalue weighted by Crippen LogP contribution is 2.29. The number of anilines is 2. The highest BCUT2D eigenvalue weighted by molar-refractivity contribution is 5.85. The van der Waals surface area contributed by atoms with Crippen molar-refractivity contribution >= 4 is 28.3 Å². The van der Waals surface area contributed by atoms with Gasteiger partial charge >= 0.3 is 0 Å². The molecule has 0 saturated carbocycles.